The first kappa shape index (κ1) is 21.5. The van der Waals surface area contributed by atoms with Crippen LogP contribution in [0, 0.1) is 11.3 Å². The Kier molecular flexibility index (Phi) is 5.67. The number of benzene rings is 1. The molecular formula is C22H20F2N4O4. The lowest BCUT2D eigenvalue weighted by Crippen LogP contribution is -2.32. The van der Waals surface area contributed by atoms with Crippen LogP contribution in [0.15, 0.2) is 36.7 Å². The molecule has 1 aliphatic rings. The van der Waals surface area contributed by atoms with Crippen LogP contribution >= 0.6 is 0 Å². The van der Waals surface area contributed by atoms with Gasteiger partial charge >= 0.3 is 6.61 Å². The number of rotatable bonds is 6. The van der Waals surface area contributed by atoms with Gasteiger partial charge in [0, 0.05) is 25.0 Å². The number of hydrogen-bond donors (Lipinski definition) is 1. The smallest absolute Gasteiger partial charge is 0.387 e. The van der Waals surface area contributed by atoms with E-state index in [2.05, 4.69) is 15.9 Å². The Morgan fingerprint density at radius 3 is 2.66 bits per heavy atom. The van der Waals surface area contributed by atoms with Crippen LogP contribution in [0.3, 0.4) is 0 Å². The molecule has 4 rings (SSSR count). The highest BCUT2D eigenvalue weighted by Crippen LogP contribution is 2.38. The van der Waals surface area contributed by atoms with Gasteiger partial charge in [-0.2, -0.15) is 19.1 Å². The molecule has 32 heavy (non-hydrogen) atoms. The van der Waals surface area contributed by atoms with Crippen molar-refractivity contribution in [1.82, 2.24) is 9.61 Å². The Morgan fingerprint density at radius 2 is 2.03 bits per heavy atom. The van der Waals surface area contributed by atoms with E-state index >= 15 is 0 Å². The first-order valence-electron chi connectivity index (χ1n) is 9.82. The number of carbonyl (C=O) groups excluding carboxylic acids is 1. The summed E-state index contributed by atoms with van der Waals surface area (Å²) in [7, 11) is 1.30. The van der Waals surface area contributed by atoms with Gasteiger partial charge in [-0.15, -0.1) is 0 Å². The Labute approximate surface area is 182 Å². The van der Waals surface area contributed by atoms with Crippen molar-refractivity contribution in [3.63, 3.8) is 0 Å². The van der Waals surface area contributed by atoms with Gasteiger partial charge in [0.25, 0.3) is 5.91 Å². The molecule has 0 bridgehead atoms. The van der Waals surface area contributed by atoms with Crippen LogP contribution in [-0.4, -0.2) is 42.5 Å². The van der Waals surface area contributed by atoms with Crippen molar-refractivity contribution in [2.45, 2.75) is 24.9 Å². The molecule has 1 amide bonds. The zero-order valence-electron chi connectivity index (χ0n) is 17.2. The van der Waals surface area contributed by atoms with E-state index in [0.717, 1.165) is 5.56 Å². The standard InChI is InChI=1S/C22H20F2N4O4/c1-30-17-8-13(9-18(32-21(23)24)19(17)20(26)29)15-10-27-28-11-14(2-3-16(15)28)22(12-25)4-6-31-7-5-22/h2-3,8-11,21H,4-7H2,1H3,(H2,26,29). The van der Waals surface area contributed by atoms with Crippen LogP contribution in [0.1, 0.15) is 28.8 Å². The van der Waals surface area contributed by atoms with Crippen LogP contribution in [-0.2, 0) is 10.2 Å². The first-order valence-corrected chi connectivity index (χ1v) is 9.82. The van der Waals surface area contributed by atoms with Gasteiger partial charge in [0.05, 0.1) is 30.3 Å². The van der Waals surface area contributed by atoms with Gasteiger partial charge in [-0.05, 0) is 42.2 Å². The van der Waals surface area contributed by atoms with Gasteiger partial charge in [0.1, 0.15) is 17.1 Å². The third-order valence-corrected chi connectivity index (χ3v) is 5.69. The number of halogens is 2. The number of nitriles is 1. The van der Waals surface area contributed by atoms with E-state index in [4.69, 9.17) is 15.2 Å². The van der Waals surface area contributed by atoms with Crippen molar-refractivity contribution >= 4 is 11.4 Å². The van der Waals surface area contributed by atoms with Crippen LogP contribution in [0.4, 0.5) is 8.78 Å². The maximum absolute atomic E-state index is 13.0. The monoisotopic (exact) mass is 442 g/mol. The number of nitrogens with zero attached hydrogens (tertiary/aromatic N) is 3. The molecule has 1 saturated heterocycles. The van der Waals surface area contributed by atoms with Gasteiger partial charge in [-0.25, -0.2) is 4.52 Å². The van der Waals surface area contributed by atoms with Crippen molar-refractivity contribution in [3.8, 4) is 28.7 Å². The summed E-state index contributed by atoms with van der Waals surface area (Å²) in [5.41, 5.74) is 6.97. The first-order chi connectivity index (χ1) is 15.4. The molecule has 0 unspecified atom stereocenters. The highest BCUT2D eigenvalue weighted by atomic mass is 19.3. The molecule has 166 valence electrons. The van der Waals surface area contributed by atoms with Crippen molar-refractivity contribution < 1.29 is 27.8 Å². The molecule has 0 atom stereocenters. The molecule has 1 aromatic carbocycles. The predicted octanol–water partition coefficient (Wildman–Crippen LogP) is 3.28. The molecule has 3 heterocycles. The number of aromatic nitrogens is 2. The van der Waals surface area contributed by atoms with Crippen molar-refractivity contribution in [3.05, 3.63) is 47.8 Å². The number of methoxy groups -OCH3 is 1. The second kappa shape index (κ2) is 8.43. The minimum absolute atomic E-state index is 0.00672. The van der Waals surface area contributed by atoms with Crippen molar-refractivity contribution in [2.75, 3.05) is 20.3 Å². The summed E-state index contributed by atoms with van der Waals surface area (Å²) in [6, 6.07) is 8.91. The van der Waals surface area contributed by atoms with Crippen molar-refractivity contribution in [1.29, 1.82) is 5.26 Å². The zero-order chi connectivity index (χ0) is 22.9. The Balaban J connectivity index is 1.82. The van der Waals surface area contributed by atoms with Gasteiger partial charge in [-0.3, -0.25) is 4.79 Å². The molecule has 0 aliphatic carbocycles. The number of primary amides is 1. The average Bonchev–Trinajstić information content (AvgIpc) is 3.21. The largest absolute Gasteiger partial charge is 0.496 e. The molecule has 0 saturated carbocycles. The lowest BCUT2D eigenvalue weighted by molar-refractivity contribution is -0.0502. The van der Waals surface area contributed by atoms with E-state index in [-0.39, 0.29) is 17.1 Å². The van der Waals surface area contributed by atoms with E-state index in [1.165, 1.54) is 19.2 Å². The normalized spacial score (nSPS) is 15.5. The van der Waals surface area contributed by atoms with Gasteiger partial charge < -0.3 is 19.9 Å². The summed E-state index contributed by atoms with van der Waals surface area (Å²) in [4.78, 5) is 11.8. The van der Waals surface area contributed by atoms with Crippen LogP contribution in [0.5, 0.6) is 11.5 Å². The summed E-state index contributed by atoms with van der Waals surface area (Å²) in [5.74, 6) is -1.33. The lowest BCUT2D eigenvalue weighted by Gasteiger charge is -2.30. The third-order valence-electron chi connectivity index (χ3n) is 5.69. The fourth-order valence-electron chi connectivity index (χ4n) is 4.01. The Hall–Kier alpha value is -3.71. The SMILES string of the molecule is COc1cc(-c2cnn3cc(C4(C#N)CCOCC4)ccc23)cc(OC(F)F)c1C(N)=O. The molecule has 1 aliphatic heterocycles. The molecule has 8 nitrogen and oxygen atoms in total. The maximum Gasteiger partial charge on any atom is 0.387 e. The molecule has 0 radical (unpaired) electrons. The molecule has 1 fully saturated rings. The maximum atomic E-state index is 13.0. The zero-order valence-corrected chi connectivity index (χ0v) is 17.2. The van der Waals surface area contributed by atoms with Gasteiger partial charge in [-0.1, -0.05) is 6.07 Å². The molecular weight excluding hydrogens is 422 g/mol. The number of fused-ring (bicyclic) bond motifs is 1. The average molecular weight is 442 g/mol. The van der Waals surface area contributed by atoms with Crippen molar-refractivity contribution in [2.24, 2.45) is 5.73 Å². The molecule has 10 heteroatoms. The second-order valence-corrected chi connectivity index (χ2v) is 7.41. The Bertz CT molecular complexity index is 1210. The number of pyridine rings is 1. The minimum atomic E-state index is -3.15. The van der Waals surface area contributed by atoms with E-state index in [1.807, 2.05) is 12.1 Å². The summed E-state index contributed by atoms with van der Waals surface area (Å²) < 4.78 is 42.7. The number of nitrogens with two attached hydrogens (primary N) is 1. The highest BCUT2D eigenvalue weighted by molar-refractivity contribution is 6.00. The fourth-order valence-corrected chi connectivity index (χ4v) is 4.01. The summed E-state index contributed by atoms with van der Waals surface area (Å²) >= 11 is 0. The molecule has 3 aromatic rings. The number of hydrogen-bond acceptors (Lipinski definition) is 6. The Morgan fingerprint density at radius 1 is 1.31 bits per heavy atom. The summed E-state index contributed by atoms with van der Waals surface area (Å²) in [6.45, 7) is -2.13. The highest BCUT2D eigenvalue weighted by Gasteiger charge is 2.35. The fraction of sp³-hybridized carbons (Fsp3) is 0.318. The summed E-state index contributed by atoms with van der Waals surface area (Å²) in [5, 5.41) is 14.2. The topological polar surface area (TPSA) is 112 Å². The predicted molar refractivity (Wildman–Crippen MR) is 110 cm³/mol. The van der Waals surface area contributed by atoms with E-state index in [1.54, 1.807) is 16.9 Å². The van der Waals surface area contributed by atoms with E-state index in [0.29, 0.717) is 42.7 Å². The van der Waals surface area contributed by atoms with Crippen LogP contribution in [0.2, 0.25) is 0 Å². The number of amides is 1. The van der Waals surface area contributed by atoms with Gasteiger partial charge in [0.2, 0.25) is 0 Å². The molecule has 2 N–H and O–H groups in total. The number of alkyl halides is 2. The summed E-state index contributed by atoms with van der Waals surface area (Å²) in [6.07, 6.45) is 4.53. The second-order valence-electron chi connectivity index (χ2n) is 7.41. The van der Waals surface area contributed by atoms with E-state index in [9.17, 15) is 18.8 Å². The minimum Gasteiger partial charge on any atom is -0.496 e. The number of ether oxygens (including phenoxy) is 3. The number of carbonyl (C=O) groups is 1. The quantitative estimate of drug-likeness (QED) is 0.627. The van der Waals surface area contributed by atoms with E-state index < -0.39 is 17.9 Å². The van der Waals surface area contributed by atoms with Gasteiger partial charge in [0.15, 0.2) is 0 Å². The van der Waals surface area contributed by atoms with Crippen LogP contribution < -0.4 is 15.2 Å². The lowest BCUT2D eigenvalue weighted by atomic mass is 9.76. The van der Waals surface area contributed by atoms with Crippen LogP contribution in [0.25, 0.3) is 16.6 Å². The third kappa shape index (κ3) is 3.71. The molecule has 0 spiro atoms. The molecule has 2 aromatic heterocycles.